The normalized spacial score (nSPS) is 22.1. The average molecular weight is 312 g/mol. The molecule has 124 valence electrons. The van der Waals surface area contributed by atoms with Crippen LogP contribution in [0.15, 0.2) is 42.5 Å². The largest absolute Gasteiger partial charge is 0.392 e. The molecule has 0 bridgehead atoms. The van der Waals surface area contributed by atoms with Crippen molar-refractivity contribution in [2.24, 2.45) is 5.92 Å². The number of piperidine rings is 1. The number of likely N-dealkylation sites (N-methyl/N-ethyl adjacent to an activating group) is 1. The number of nitrogens with zero attached hydrogens (tertiary/aromatic N) is 1. The van der Waals surface area contributed by atoms with Crippen molar-refractivity contribution in [2.75, 3.05) is 33.7 Å². The van der Waals surface area contributed by atoms with Gasteiger partial charge in [0, 0.05) is 19.0 Å². The van der Waals surface area contributed by atoms with E-state index >= 15 is 0 Å². The summed E-state index contributed by atoms with van der Waals surface area (Å²) in [5.74, 6) is 0.500. The summed E-state index contributed by atoms with van der Waals surface area (Å²) in [7, 11) is 4.12. The zero-order valence-electron chi connectivity index (χ0n) is 14.2. The number of hydrogen-bond acceptors (Lipinski definition) is 3. The summed E-state index contributed by atoms with van der Waals surface area (Å²) in [5, 5.41) is 16.8. The van der Waals surface area contributed by atoms with Crippen LogP contribution in [0.3, 0.4) is 0 Å². The van der Waals surface area contributed by atoms with E-state index in [0.29, 0.717) is 5.92 Å². The van der Waals surface area contributed by atoms with Gasteiger partial charge in [-0.2, -0.15) is 0 Å². The first-order valence-electron chi connectivity index (χ1n) is 8.69. The maximum Gasteiger partial charge on any atom is 0.0661 e. The molecular weight excluding hydrogens is 284 g/mol. The number of aliphatic hydroxyl groups excluding tert-OH is 1. The Bertz CT molecular complexity index is 642. The van der Waals surface area contributed by atoms with Crippen molar-refractivity contribution in [1.82, 2.24) is 10.2 Å². The lowest BCUT2D eigenvalue weighted by atomic mass is 9.81. The van der Waals surface area contributed by atoms with Crippen LogP contribution in [0.5, 0.6) is 0 Å². The Balaban J connectivity index is 1.86. The minimum atomic E-state index is -0.300. The summed E-state index contributed by atoms with van der Waals surface area (Å²) in [6, 6.07) is 15.0. The maximum absolute atomic E-state index is 11.0. The van der Waals surface area contributed by atoms with Crippen LogP contribution in [0.1, 0.15) is 24.3 Å². The zero-order chi connectivity index (χ0) is 16.2. The van der Waals surface area contributed by atoms with E-state index in [-0.39, 0.29) is 12.0 Å². The topological polar surface area (TPSA) is 35.5 Å². The van der Waals surface area contributed by atoms with E-state index in [1.807, 2.05) is 7.05 Å². The van der Waals surface area contributed by atoms with Gasteiger partial charge in [-0.1, -0.05) is 42.5 Å². The Morgan fingerprint density at radius 2 is 2.00 bits per heavy atom. The number of hydrogen-bond donors (Lipinski definition) is 2. The van der Waals surface area contributed by atoms with Gasteiger partial charge in [0.25, 0.3) is 0 Å². The Morgan fingerprint density at radius 3 is 2.74 bits per heavy atom. The van der Waals surface area contributed by atoms with Gasteiger partial charge in [-0.05, 0) is 55.7 Å². The fourth-order valence-electron chi connectivity index (χ4n) is 3.91. The van der Waals surface area contributed by atoms with Crippen LogP contribution in [0.4, 0.5) is 0 Å². The van der Waals surface area contributed by atoms with Gasteiger partial charge in [0.05, 0.1) is 6.10 Å². The van der Waals surface area contributed by atoms with Gasteiger partial charge in [-0.15, -0.1) is 0 Å². The van der Waals surface area contributed by atoms with E-state index in [1.54, 1.807) is 0 Å². The fourth-order valence-corrected chi connectivity index (χ4v) is 3.91. The highest BCUT2D eigenvalue weighted by molar-refractivity contribution is 5.83. The van der Waals surface area contributed by atoms with E-state index in [1.165, 1.54) is 22.8 Å². The molecule has 1 saturated heterocycles. The highest BCUT2D eigenvalue weighted by Crippen LogP contribution is 2.30. The van der Waals surface area contributed by atoms with Crippen LogP contribution in [-0.2, 0) is 0 Å². The third-order valence-corrected chi connectivity index (χ3v) is 5.18. The van der Waals surface area contributed by atoms with E-state index in [0.717, 1.165) is 26.1 Å². The second-order valence-electron chi connectivity index (χ2n) is 6.93. The lowest BCUT2D eigenvalue weighted by Crippen LogP contribution is -2.42. The summed E-state index contributed by atoms with van der Waals surface area (Å²) in [6.45, 7) is 2.95. The third-order valence-electron chi connectivity index (χ3n) is 5.18. The van der Waals surface area contributed by atoms with Crippen molar-refractivity contribution in [3.8, 4) is 0 Å². The van der Waals surface area contributed by atoms with Crippen molar-refractivity contribution in [1.29, 1.82) is 0 Å². The molecule has 3 rings (SSSR count). The molecule has 0 aliphatic carbocycles. The van der Waals surface area contributed by atoms with Gasteiger partial charge in [0.15, 0.2) is 0 Å². The summed E-state index contributed by atoms with van der Waals surface area (Å²) >= 11 is 0. The molecule has 2 N–H and O–H groups in total. The van der Waals surface area contributed by atoms with Gasteiger partial charge in [-0.3, -0.25) is 0 Å². The van der Waals surface area contributed by atoms with Crippen LogP contribution in [0, 0.1) is 5.92 Å². The molecule has 3 heteroatoms. The molecular formula is C20H28N2O. The second-order valence-corrected chi connectivity index (χ2v) is 6.93. The molecule has 0 saturated carbocycles. The molecule has 23 heavy (non-hydrogen) atoms. The molecule has 0 radical (unpaired) electrons. The van der Waals surface area contributed by atoms with Crippen molar-refractivity contribution in [2.45, 2.75) is 24.9 Å². The van der Waals surface area contributed by atoms with E-state index in [4.69, 9.17) is 0 Å². The van der Waals surface area contributed by atoms with Crippen LogP contribution in [0.25, 0.3) is 10.8 Å². The summed E-state index contributed by atoms with van der Waals surface area (Å²) in [4.78, 5) is 2.34. The Morgan fingerprint density at radius 1 is 1.22 bits per heavy atom. The number of rotatable bonds is 5. The van der Waals surface area contributed by atoms with Gasteiger partial charge < -0.3 is 15.3 Å². The molecule has 1 fully saturated rings. The molecule has 1 aliphatic heterocycles. The minimum Gasteiger partial charge on any atom is -0.392 e. The van der Waals surface area contributed by atoms with Crippen molar-refractivity contribution >= 4 is 10.8 Å². The third kappa shape index (κ3) is 3.74. The monoisotopic (exact) mass is 312 g/mol. The van der Waals surface area contributed by atoms with Crippen LogP contribution in [0.2, 0.25) is 0 Å². The van der Waals surface area contributed by atoms with Gasteiger partial charge in [-0.25, -0.2) is 0 Å². The molecule has 0 amide bonds. The fraction of sp³-hybridized carbons (Fsp3) is 0.500. The molecule has 1 unspecified atom stereocenters. The Kier molecular flexibility index (Phi) is 5.31. The van der Waals surface area contributed by atoms with Crippen LogP contribution >= 0.6 is 0 Å². The molecule has 1 aliphatic rings. The number of benzene rings is 2. The minimum absolute atomic E-state index is 0.140. The highest BCUT2D eigenvalue weighted by Gasteiger charge is 2.31. The summed E-state index contributed by atoms with van der Waals surface area (Å²) in [5.41, 5.74) is 1.23. The molecule has 3 nitrogen and oxygen atoms in total. The molecule has 1 heterocycles. The van der Waals surface area contributed by atoms with Gasteiger partial charge in [0.2, 0.25) is 0 Å². The number of aliphatic hydroxyl groups is 1. The predicted octanol–water partition coefficient (Wildman–Crippen LogP) is 2.85. The molecule has 2 aromatic carbocycles. The lowest BCUT2D eigenvalue weighted by molar-refractivity contribution is 0.0401. The van der Waals surface area contributed by atoms with E-state index in [2.05, 4.69) is 59.7 Å². The van der Waals surface area contributed by atoms with Crippen molar-refractivity contribution < 1.29 is 5.11 Å². The Labute approximate surface area is 139 Å². The zero-order valence-corrected chi connectivity index (χ0v) is 14.2. The maximum atomic E-state index is 11.0. The summed E-state index contributed by atoms with van der Waals surface area (Å²) < 4.78 is 0. The SMILES string of the molecule is CNC[C@H](c1ccc2ccccc2c1)[C@H](O)C1CCCN(C)C1. The number of fused-ring (bicyclic) bond motifs is 1. The first kappa shape index (κ1) is 16.4. The van der Waals surface area contributed by atoms with Crippen molar-refractivity contribution in [3.05, 3.63) is 48.0 Å². The predicted molar refractivity (Wildman–Crippen MR) is 96.8 cm³/mol. The van der Waals surface area contributed by atoms with E-state index in [9.17, 15) is 5.11 Å². The second kappa shape index (κ2) is 7.43. The van der Waals surface area contributed by atoms with Crippen LogP contribution in [-0.4, -0.2) is 49.8 Å². The van der Waals surface area contributed by atoms with Gasteiger partial charge >= 0.3 is 0 Å². The molecule has 0 spiro atoms. The van der Waals surface area contributed by atoms with Crippen molar-refractivity contribution in [3.63, 3.8) is 0 Å². The average Bonchev–Trinajstić information content (AvgIpc) is 2.58. The molecule has 2 aromatic rings. The standard InChI is InChI=1S/C20H28N2O/c1-21-13-19(20(23)18-8-5-11-22(2)14-18)17-10-9-15-6-3-4-7-16(15)12-17/h3-4,6-7,9-10,12,18-21,23H,5,8,11,13-14H2,1-2H3/t18?,19-,20-/m1/s1. The number of likely N-dealkylation sites (tertiary alicyclic amines) is 1. The van der Waals surface area contributed by atoms with E-state index < -0.39 is 0 Å². The first-order valence-corrected chi connectivity index (χ1v) is 8.69. The quantitative estimate of drug-likeness (QED) is 0.891. The van der Waals surface area contributed by atoms with Gasteiger partial charge in [0.1, 0.15) is 0 Å². The summed E-state index contributed by atoms with van der Waals surface area (Å²) in [6.07, 6.45) is 2.01. The molecule has 0 aromatic heterocycles. The Hall–Kier alpha value is -1.42. The smallest absolute Gasteiger partial charge is 0.0661 e. The van der Waals surface area contributed by atoms with Crippen LogP contribution < -0.4 is 5.32 Å². The molecule has 3 atom stereocenters. The lowest BCUT2D eigenvalue weighted by Gasteiger charge is -2.36. The first-order chi connectivity index (χ1) is 11.2. The highest BCUT2D eigenvalue weighted by atomic mass is 16.3. The number of nitrogens with one attached hydrogen (secondary N) is 1.